The van der Waals surface area contributed by atoms with Gasteiger partial charge in [0.15, 0.2) is 0 Å². The zero-order chi connectivity index (χ0) is 25.6. The quantitative estimate of drug-likeness (QED) is 0.209. The minimum atomic E-state index is -0.676. The molecular weight excluding hydrogens is 466 g/mol. The summed E-state index contributed by atoms with van der Waals surface area (Å²) in [6.45, 7) is 7.52. The molecule has 35 heavy (non-hydrogen) atoms. The molecule has 1 aliphatic rings. The third kappa shape index (κ3) is 6.67. The Morgan fingerprint density at radius 2 is 2.03 bits per heavy atom. The van der Waals surface area contributed by atoms with Crippen LogP contribution >= 0.6 is 11.3 Å². The lowest BCUT2D eigenvalue weighted by Gasteiger charge is -2.29. The molecule has 3 rings (SSSR count). The Hall–Kier alpha value is -3.70. The van der Waals surface area contributed by atoms with E-state index in [1.54, 1.807) is 25.1 Å². The van der Waals surface area contributed by atoms with Gasteiger partial charge in [0.05, 0.1) is 12.2 Å². The third-order valence-corrected chi connectivity index (χ3v) is 6.57. The molecule has 1 aliphatic carbocycles. The van der Waals surface area contributed by atoms with Crippen molar-refractivity contribution in [1.29, 1.82) is 0 Å². The van der Waals surface area contributed by atoms with E-state index in [-0.39, 0.29) is 29.3 Å². The monoisotopic (exact) mass is 493 g/mol. The SMILES string of the molecule is CCOC(=O)/C(C#Cc1c(NC(=O)c2cccc(OC(C)=O)c2)sc2c1CCC(C)(C)C2)=C/C=O. The van der Waals surface area contributed by atoms with Crippen molar-refractivity contribution >= 4 is 40.5 Å². The molecular formula is C27H27NO6S. The smallest absolute Gasteiger partial charge is 0.346 e. The number of anilines is 1. The van der Waals surface area contributed by atoms with Crippen molar-refractivity contribution in [1.82, 2.24) is 0 Å². The number of rotatable bonds is 6. The molecule has 2 aromatic rings. The lowest BCUT2D eigenvalue weighted by atomic mass is 9.77. The average Bonchev–Trinajstić information content (AvgIpc) is 3.11. The molecule has 0 saturated heterocycles. The fourth-order valence-electron chi connectivity index (χ4n) is 3.74. The lowest BCUT2D eigenvalue weighted by Crippen LogP contribution is -2.21. The van der Waals surface area contributed by atoms with E-state index in [2.05, 4.69) is 31.0 Å². The maximum absolute atomic E-state index is 13.1. The number of carbonyl (C=O) groups is 4. The molecule has 1 heterocycles. The highest BCUT2D eigenvalue weighted by atomic mass is 32.1. The summed E-state index contributed by atoms with van der Waals surface area (Å²) in [6.07, 6.45) is 4.15. The molecule has 7 nitrogen and oxygen atoms in total. The molecule has 182 valence electrons. The second kappa shape index (κ2) is 11.2. The van der Waals surface area contributed by atoms with Crippen LogP contribution < -0.4 is 10.1 Å². The van der Waals surface area contributed by atoms with Crippen LogP contribution in [0.25, 0.3) is 0 Å². The predicted octanol–water partition coefficient (Wildman–Crippen LogP) is 4.48. The Labute approximate surface area is 208 Å². The number of esters is 2. The van der Waals surface area contributed by atoms with E-state index in [1.807, 2.05) is 0 Å². The van der Waals surface area contributed by atoms with Crippen LogP contribution in [0.5, 0.6) is 5.75 Å². The van der Waals surface area contributed by atoms with Gasteiger partial charge in [0.1, 0.15) is 22.6 Å². The van der Waals surface area contributed by atoms with Gasteiger partial charge < -0.3 is 14.8 Å². The van der Waals surface area contributed by atoms with Crippen LogP contribution in [0.2, 0.25) is 0 Å². The largest absolute Gasteiger partial charge is 0.462 e. The molecule has 0 unspecified atom stereocenters. The number of benzene rings is 1. The molecule has 0 radical (unpaired) electrons. The number of carbonyl (C=O) groups excluding carboxylic acids is 4. The molecule has 1 amide bonds. The molecule has 1 aromatic carbocycles. The van der Waals surface area contributed by atoms with Gasteiger partial charge in [0, 0.05) is 23.4 Å². The van der Waals surface area contributed by atoms with Crippen LogP contribution in [0.4, 0.5) is 5.00 Å². The van der Waals surface area contributed by atoms with Gasteiger partial charge in [0.25, 0.3) is 5.91 Å². The Kier molecular flexibility index (Phi) is 8.26. The summed E-state index contributed by atoms with van der Waals surface area (Å²) in [4.78, 5) is 48.6. The maximum Gasteiger partial charge on any atom is 0.346 e. The zero-order valence-corrected chi connectivity index (χ0v) is 21.0. The summed E-state index contributed by atoms with van der Waals surface area (Å²) in [7, 11) is 0. The zero-order valence-electron chi connectivity index (χ0n) is 20.2. The second-order valence-electron chi connectivity index (χ2n) is 8.81. The average molecular weight is 494 g/mol. The molecule has 8 heteroatoms. The summed E-state index contributed by atoms with van der Waals surface area (Å²) in [5.74, 6) is 4.52. The normalized spacial score (nSPS) is 14.1. The summed E-state index contributed by atoms with van der Waals surface area (Å²) >= 11 is 1.46. The van der Waals surface area contributed by atoms with Crippen LogP contribution in [-0.4, -0.2) is 30.7 Å². The Morgan fingerprint density at radius 1 is 1.26 bits per heavy atom. The fraction of sp³-hybridized carbons (Fsp3) is 0.333. The van der Waals surface area contributed by atoms with E-state index in [0.29, 0.717) is 22.4 Å². The van der Waals surface area contributed by atoms with Crippen LogP contribution in [0.1, 0.15) is 60.5 Å². The van der Waals surface area contributed by atoms with Gasteiger partial charge in [-0.3, -0.25) is 14.4 Å². The molecule has 0 bridgehead atoms. The van der Waals surface area contributed by atoms with Gasteiger partial charge in [-0.25, -0.2) is 4.79 Å². The predicted molar refractivity (Wildman–Crippen MR) is 133 cm³/mol. The summed E-state index contributed by atoms with van der Waals surface area (Å²) < 4.78 is 10.1. The number of hydrogen-bond acceptors (Lipinski definition) is 7. The van der Waals surface area contributed by atoms with E-state index in [9.17, 15) is 19.2 Å². The van der Waals surface area contributed by atoms with Crippen molar-refractivity contribution in [3.63, 3.8) is 0 Å². The van der Waals surface area contributed by atoms with Crippen molar-refractivity contribution < 1.29 is 28.7 Å². The minimum Gasteiger partial charge on any atom is -0.462 e. The summed E-state index contributed by atoms with van der Waals surface area (Å²) in [5.41, 5.74) is 2.06. The summed E-state index contributed by atoms with van der Waals surface area (Å²) in [6, 6.07) is 6.34. The molecule has 0 aliphatic heterocycles. The van der Waals surface area contributed by atoms with Crippen molar-refractivity contribution in [2.75, 3.05) is 11.9 Å². The van der Waals surface area contributed by atoms with Gasteiger partial charge in [-0.1, -0.05) is 31.8 Å². The molecule has 0 atom stereocenters. The number of allylic oxidation sites excluding steroid dienone is 1. The van der Waals surface area contributed by atoms with E-state index in [1.165, 1.54) is 24.3 Å². The van der Waals surface area contributed by atoms with Gasteiger partial charge in [-0.15, -0.1) is 11.3 Å². The number of hydrogen-bond donors (Lipinski definition) is 1. The van der Waals surface area contributed by atoms with Crippen LogP contribution in [-0.2, 0) is 32.0 Å². The van der Waals surface area contributed by atoms with Crippen molar-refractivity contribution in [2.24, 2.45) is 5.41 Å². The van der Waals surface area contributed by atoms with Crippen molar-refractivity contribution in [3.05, 3.63) is 57.5 Å². The molecule has 1 aromatic heterocycles. The lowest BCUT2D eigenvalue weighted by molar-refractivity contribution is -0.138. The van der Waals surface area contributed by atoms with Crippen LogP contribution in [0.3, 0.4) is 0 Å². The van der Waals surface area contributed by atoms with Crippen LogP contribution in [0, 0.1) is 17.3 Å². The number of thiophene rings is 1. The molecule has 0 fully saturated rings. The standard InChI is InChI=1S/C27H27NO6S/c1-5-33-26(32)18(12-14-29)9-10-22-21-11-13-27(3,4)16-23(21)35-25(22)28-24(31)19-7-6-8-20(15-19)34-17(2)30/h6-8,12,14-15H,5,11,13,16H2,1-4H3,(H,28,31)/b18-12+. The first-order valence-corrected chi connectivity index (χ1v) is 12.0. The Bertz CT molecular complexity index is 1260. The van der Waals surface area contributed by atoms with E-state index < -0.39 is 11.9 Å². The summed E-state index contributed by atoms with van der Waals surface area (Å²) in [5, 5.41) is 3.50. The Morgan fingerprint density at radius 3 is 2.71 bits per heavy atom. The van der Waals surface area contributed by atoms with Crippen molar-refractivity contribution in [3.8, 4) is 17.6 Å². The van der Waals surface area contributed by atoms with Crippen LogP contribution in [0.15, 0.2) is 35.9 Å². The van der Waals surface area contributed by atoms with Gasteiger partial charge in [-0.05, 0) is 55.4 Å². The third-order valence-electron chi connectivity index (χ3n) is 5.42. The highest BCUT2D eigenvalue weighted by Gasteiger charge is 2.30. The fourth-order valence-corrected chi connectivity index (χ4v) is 5.19. The first-order valence-electron chi connectivity index (χ1n) is 11.2. The number of aldehydes is 1. The van der Waals surface area contributed by atoms with Crippen molar-refractivity contribution in [2.45, 2.75) is 47.0 Å². The number of amides is 1. The Balaban J connectivity index is 1.99. The highest BCUT2D eigenvalue weighted by Crippen LogP contribution is 2.43. The topological polar surface area (TPSA) is 98.8 Å². The first-order chi connectivity index (χ1) is 16.6. The van der Waals surface area contributed by atoms with E-state index in [0.717, 1.165) is 35.8 Å². The number of fused-ring (bicyclic) bond motifs is 1. The molecule has 0 saturated carbocycles. The first kappa shape index (κ1) is 25.9. The van der Waals surface area contributed by atoms with Gasteiger partial charge >= 0.3 is 11.9 Å². The molecule has 0 spiro atoms. The van der Waals surface area contributed by atoms with E-state index in [4.69, 9.17) is 9.47 Å². The minimum absolute atomic E-state index is 0.0516. The number of nitrogens with one attached hydrogen (secondary N) is 1. The second-order valence-corrected chi connectivity index (χ2v) is 9.92. The van der Waals surface area contributed by atoms with Gasteiger partial charge in [0.2, 0.25) is 0 Å². The van der Waals surface area contributed by atoms with Gasteiger partial charge in [-0.2, -0.15) is 0 Å². The molecule has 1 N–H and O–H groups in total. The highest BCUT2D eigenvalue weighted by molar-refractivity contribution is 7.16. The maximum atomic E-state index is 13.1. The van der Waals surface area contributed by atoms with E-state index >= 15 is 0 Å². The number of ether oxygens (including phenoxy) is 2.